The van der Waals surface area contributed by atoms with Crippen LogP contribution in [0.5, 0.6) is 5.75 Å². The molecule has 2 rings (SSSR count). The molecule has 14 heavy (non-hydrogen) atoms. The molecule has 1 heterocycles. The van der Waals surface area contributed by atoms with E-state index in [2.05, 4.69) is 5.18 Å². The lowest BCUT2D eigenvalue weighted by Gasteiger charge is -2.23. The van der Waals surface area contributed by atoms with Crippen LogP contribution in [-0.2, 0) is 6.42 Å². The monoisotopic (exact) mass is 193 g/mol. The van der Waals surface area contributed by atoms with Gasteiger partial charge in [-0.1, -0.05) is 0 Å². The molecule has 0 radical (unpaired) electrons. The van der Waals surface area contributed by atoms with E-state index in [0.29, 0.717) is 24.5 Å². The highest BCUT2D eigenvalue weighted by molar-refractivity contribution is 5.63. The van der Waals surface area contributed by atoms with Crippen LogP contribution >= 0.6 is 0 Å². The second kappa shape index (κ2) is 3.26. The van der Waals surface area contributed by atoms with Gasteiger partial charge in [0.15, 0.2) is 0 Å². The molecular formula is C9H11N3O2. The maximum absolute atomic E-state index is 10.3. The van der Waals surface area contributed by atoms with Crippen LogP contribution < -0.4 is 16.2 Å². The molecule has 1 aromatic rings. The normalized spacial score (nSPS) is 19.6. The molecule has 4 N–H and O–H groups in total. The fourth-order valence-electron chi connectivity index (χ4n) is 1.57. The molecule has 1 aliphatic rings. The summed E-state index contributed by atoms with van der Waals surface area (Å²) in [4.78, 5) is 10.3. The largest absolute Gasteiger partial charge is 0.492 e. The molecule has 5 nitrogen and oxygen atoms in total. The van der Waals surface area contributed by atoms with E-state index in [1.807, 2.05) is 0 Å². The topological polar surface area (TPSA) is 90.7 Å². The lowest BCUT2D eigenvalue weighted by molar-refractivity contribution is 0.264. The summed E-state index contributed by atoms with van der Waals surface area (Å²) < 4.78 is 5.36. The number of ether oxygens (including phenoxy) is 1. The summed E-state index contributed by atoms with van der Waals surface area (Å²) in [5.74, 6) is 0.626. The Kier molecular flexibility index (Phi) is 2.09. The summed E-state index contributed by atoms with van der Waals surface area (Å²) in [5, 5.41) is 2.82. The van der Waals surface area contributed by atoms with Crippen molar-refractivity contribution in [1.82, 2.24) is 0 Å². The Balaban J connectivity index is 2.48. The summed E-state index contributed by atoms with van der Waals surface area (Å²) >= 11 is 0. The first-order chi connectivity index (χ1) is 6.70. The number of fused-ring (bicyclic) bond motifs is 1. The molecule has 0 saturated heterocycles. The zero-order valence-electron chi connectivity index (χ0n) is 7.56. The van der Waals surface area contributed by atoms with E-state index in [4.69, 9.17) is 16.2 Å². The number of anilines is 1. The highest BCUT2D eigenvalue weighted by Crippen LogP contribution is 2.33. The van der Waals surface area contributed by atoms with Crippen molar-refractivity contribution in [3.8, 4) is 5.75 Å². The number of benzene rings is 1. The van der Waals surface area contributed by atoms with Crippen molar-refractivity contribution in [3.63, 3.8) is 0 Å². The lowest BCUT2D eigenvalue weighted by Crippen LogP contribution is -2.34. The van der Waals surface area contributed by atoms with Gasteiger partial charge in [0.1, 0.15) is 18.0 Å². The molecule has 0 saturated carbocycles. The Morgan fingerprint density at radius 3 is 3.00 bits per heavy atom. The third-order valence-electron chi connectivity index (χ3n) is 2.25. The highest BCUT2D eigenvalue weighted by Gasteiger charge is 2.19. The van der Waals surface area contributed by atoms with Crippen molar-refractivity contribution in [3.05, 3.63) is 22.6 Å². The number of nitrogen functional groups attached to an aromatic ring is 1. The van der Waals surface area contributed by atoms with Crippen LogP contribution in [0.4, 0.5) is 11.4 Å². The number of rotatable bonds is 1. The van der Waals surface area contributed by atoms with Gasteiger partial charge in [-0.05, 0) is 17.7 Å². The van der Waals surface area contributed by atoms with Crippen molar-refractivity contribution in [2.24, 2.45) is 10.9 Å². The predicted octanol–water partition coefficient (Wildman–Crippen LogP) is 0.929. The third-order valence-corrected chi connectivity index (χ3v) is 2.25. The van der Waals surface area contributed by atoms with Crippen LogP contribution in [-0.4, -0.2) is 12.6 Å². The second-order valence-corrected chi connectivity index (χ2v) is 3.38. The number of hydrogen-bond donors (Lipinski definition) is 2. The van der Waals surface area contributed by atoms with Gasteiger partial charge in [0, 0.05) is 23.4 Å². The van der Waals surface area contributed by atoms with E-state index in [1.54, 1.807) is 6.07 Å². The Bertz CT molecular complexity index is 379. The maximum Gasteiger partial charge on any atom is 0.126 e. The molecule has 1 atom stereocenters. The number of hydrogen-bond acceptors (Lipinski definition) is 5. The van der Waals surface area contributed by atoms with E-state index < -0.39 is 0 Å². The summed E-state index contributed by atoms with van der Waals surface area (Å²) in [6, 6.07) is 3.09. The first-order valence-electron chi connectivity index (χ1n) is 4.35. The Morgan fingerprint density at radius 2 is 2.29 bits per heavy atom. The summed E-state index contributed by atoms with van der Waals surface area (Å²) in [7, 11) is 0. The van der Waals surface area contributed by atoms with Gasteiger partial charge in [0.05, 0.1) is 0 Å². The van der Waals surface area contributed by atoms with Gasteiger partial charge in [-0.25, -0.2) is 0 Å². The first kappa shape index (κ1) is 8.96. The van der Waals surface area contributed by atoms with Crippen molar-refractivity contribution in [2.45, 2.75) is 12.5 Å². The Labute approximate surface area is 81.0 Å². The summed E-state index contributed by atoms with van der Waals surface area (Å²) in [6.45, 7) is 0.453. The van der Waals surface area contributed by atoms with E-state index in [-0.39, 0.29) is 11.7 Å². The molecule has 0 aromatic heterocycles. The zero-order valence-corrected chi connectivity index (χ0v) is 7.56. The van der Waals surface area contributed by atoms with Crippen molar-refractivity contribution in [1.29, 1.82) is 0 Å². The van der Waals surface area contributed by atoms with Gasteiger partial charge in [-0.3, -0.25) is 0 Å². The molecule has 74 valence electrons. The molecule has 1 unspecified atom stereocenters. The van der Waals surface area contributed by atoms with E-state index in [9.17, 15) is 4.91 Å². The fourth-order valence-corrected chi connectivity index (χ4v) is 1.57. The van der Waals surface area contributed by atoms with E-state index in [0.717, 1.165) is 5.56 Å². The lowest BCUT2D eigenvalue weighted by atomic mass is 10.0. The Morgan fingerprint density at radius 1 is 1.50 bits per heavy atom. The molecule has 0 aliphatic carbocycles. The first-order valence-corrected chi connectivity index (χ1v) is 4.35. The Hall–Kier alpha value is -1.62. The summed E-state index contributed by atoms with van der Waals surface area (Å²) in [5.41, 5.74) is 13.1. The van der Waals surface area contributed by atoms with Crippen molar-refractivity contribution < 1.29 is 4.74 Å². The number of nitrogens with two attached hydrogens (primary N) is 2. The second-order valence-electron chi connectivity index (χ2n) is 3.38. The van der Waals surface area contributed by atoms with Crippen LogP contribution in [0.2, 0.25) is 0 Å². The van der Waals surface area contributed by atoms with Gasteiger partial charge in [-0.15, -0.1) is 4.91 Å². The highest BCUT2D eigenvalue weighted by atomic mass is 16.5. The molecule has 0 fully saturated rings. The molecule has 1 aromatic carbocycles. The van der Waals surface area contributed by atoms with Crippen LogP contribution in [0, 0.1) is 4.91 Å². The average molecular weight is 193 g/mol. The minimum absolute atomic E-state index is 0.0279. The van der Waals surface area contributed by atoms with Gasteiger partial charge < -0.3 is 16.2 Å². The molecular weight excluding hydrogens is 182 g/mol. The molecule has 1 aliphatic heterocycles. The van der Waals surface area contributed by atoms with Crippen molar-refractivity contribution >= 4 is 11.4 Å². The van der Waals surface area contributed by atoms with Crippen LogP contribution in [0.25, 0.3) is 0 Å². The molecule has 0 amide bonds. The van der Waals surface area contributed by atoms with Crippen LogP contribution in [0.1, 0.15) is 5.56 Å². The van der Waals surface area contributed by atoms with Crippen molar-refractivity contribution in [2.75, 3.05) is 12.3 Å². The maximum atomic E-state index is 10.3. The quantitative estimate of drug-likeness (QED) is 0.512. The average Bonchev–Trinajstić information content (AvgIpc) is 2.19. The van der Waals surface area contributed by atoms with Gasteiger partial charge in [0.2, 0.25) is 0 Å². The van der Waals surface area contributed by atoms with Gasteiger partial charge in [0.25, 0.3) is 0 Å². The number of nitroso groups, excluding NO2 is 1. The van der Waals surface area contributed by atoms with Crippen LogP contribution in [0.15, 0.2) is 17.3 Å². The number of nitrogens with zero attached hydrogens (tertiary/aromatic N) is 1. The van der Waals surface area contributed by atoms with Gasteiger partial charge in [-0.2, -0.15) is 0 Å². The molecule has 0 bridgehead atoms. The minimum atomic E-state index is -0.0279. The summed E-state index contributed by atoms with van der Waals surface area (Å²) in [6.07, 6.45) is 0.681. The minimum Gasteiger partial charge on any atom is -0.492 e. The van der Waals surface area contributed by atoms with Gasteiger partial charge >= 0.3 is 0 Å². The molecule has 0 spiro atoms. The zero-order chi connectivity index (χ0) is 10.1. The predicted molar refractivity (Wildman–Crippen MR) is 53.5 cm³/mol. The van der Waals surface area contributed by atoms with E-state index in [1.165, 1.54) is 6.07 Å². The fraction of sp³-hybridized carbons (Fsp3) is 0.333. The smallest absolute Gasteiger partial charge is 0.126 e. The molecule has 5 heteroatoms. The van der Waals surface area contributed by atoms with E-state index >= 15 is 0 Å². The SMILES string of the molecule is Nc1cc(N=O)cc2c1CC(N)CO2. The van der Waals surface area contributed by atoms with Crippen LogP contribution in [0.3, 0.4) is 0 Å². The third kappa shape index (κ3) is 1.42. The standard InChI is InChI=1S/C9H11N3O2/c10-5-1-7-8(11)2-6(12-13)3-9(7)14-4-5/h2-3,5H,1,4,10-11H2.